The number of nitrogens with one attached hydrogen (secondary N) is 2. The first-order valence-corrected chi connectivity index (χ1v) is 9.51. The zero-order valence-corrected chi connectivity index (χ0v) is 18.4. The predicted molar refractivity (Wildman–Crippen MR) is 120 cm³/mol. The van der Waals surface area contributed by atoms with Gasteiger partial charge in [0.05, 0.1) is 23.7 Å². The van der Waals surface area contributed by atoms with Gasteiger partial charge in [-0.15, -0.1) is 35.3 Å². The molecule has 28 heavy (non-hydrogen) atoms. The number of aromatic nitrogens is 1. The number of guanidine groups is 1. The highest BCUT2D eigenvalue weighted by Crippen LogP contribution is 2.30. The lowest BCUT2D eigenvalue weighted by Gasteiger charge is -2.27. The summed E-state index contributed by atoms with van der Waals surface area (Å²) in [7, 11) is 1.72. The summed E-state index contributed by atoms with van der Waals surface area (Å²) in [5.74, 6) is 2.85. The highest BCUT2D eigenvalue weighted by molar-refractivity contribution is 14.0. The van der Waals surface area contributed by atoms with Crippen LogP contribution in [0.5, 0.6) is 11.5 Å². The van der Waals surface area contributed by atoms with Crippen LogP contribution in [0.4, 0.5) is 0 Å². The first kappa shape index (κ1) is 20.5. The largest absolute Gasteiger partial charge is 0.486 e. The van der Waals surface area contributed by atoms with Crippen LogP contribution in [0.1, 0.15) is 5.69 Å². The fraction of sp³-hybridized carbons (Fsp3) is 0.263. The standard InChI is InChI=1S/C19H20N4O3S.HI/c1-20-19(21-9-13-11-25-18(23-13)17-7-4-8-27-17)22-10-14-12-24-15-5-2-3-6-16(15)26-14;/h2-8,11,14H,9-10,12H2,1H3,(H2,20,21,22);1H. The van der Waals surface area contributed by atoms with E-state index in [1.54, 1.807) is 24.6 Å². The number of thiophene rings is 1. The molecule has 1 aliphatic rings. The minimum atomic E-state index is -0.0871. The number of oxazole rings is 1. The van der Waals surface area contributed by atoms with Gasteiger partial charge in [0.25, 0.3) is 0 Å². The van der Waals surface area contributed by atoms with Gasteiger partial charge >= 0.3 is 0 Å². The SMILES string of the molecule is CN=C(NCc1coc(-c2cccs2)n1)NCC1COc2ccccc2O1.I. The highest BCUT2D eigenvalue weighted by atomic mass is 127. The molecule has 0 radical (unpaired) electrons. The van der Waals surface area contributed by atoms with Crippen LogP contribution < -0.4 is 20.1 Å². The molecule has 1 unspecified atom stereocenters. The van der Waals surface area contributed by atoms with E-state index >= 15 is 0 Å². The lowest BCUT2D eigenvalue weighted by atomic mass is 10.2. The van der Waals surface area contributed by atoms with E-state index in [0.29, 0.717) is 31.5 Å². The topological polar surface area (TPSA) is 80.9 Å². The average Bonchev–Trinajstić information content (AvgIpc) is 3.40. The van der Waals surface area contributed by atoms with E-state index in [1.165, 1.54) is 0 Å². The van der Waals surface area contributed by atoms with E-state index in [9.17, 15) is 0 Å². The molecule has 0 amide bonds. The van der Waals surface area contributed by atoms with E-state index in [4.69, 9.17) is 13.9 Å². The van der Waals surface area contributed by atoms with Crippen molar-refractivity contribution in [2.24, 2.45) is 4.99 Å². The third kappa shape index (κ3) is 4.96. The van der Waals surface area contributed by atoms with Crippen LogP contribution in [-0.4, -0.2) is 37.2 Å². The van der Waals surface area contributed by atoms with Crippen molar-refractivity contribution >= 4 is 41.3 Å². The average molecular weight is 512 g/mol. The van der Waals surface area contributed by atoms with Gasteiger partial charge in [-0.25, -0.2) is 4.98 Å². The molecule has 0 saturated heterocycles. The van der Waals surface area contributed by atoms with Crippen LogP contribution >= 0.6 is 35.3 Å². The van der Waals surface area contributed by atoms with Crippen LogP contribution in [-0.2, 0) is 6.54 Å². The molecule has 3 aromatic rings. The number of aliphatic imine (C=N–C) groups is 1. The van der Waals surface area contributed by atoms with Crippen molar-refractivity contribution in [1.82, 2.24) is 15.6 Å². The second kappa shape index (κ2) is 9.78. The third-order valence-corrected chi connectivity index (χ3v) is 4.87. The minimum absolute atomic E-state index is 0. The van der Waals surface area contributed by atoms with Crippen molar-refractivity contribution in [2.75, 3.05) is 20.2 Å². The van der Waals surface area contributed by atoms with E-state index < -0.39 is 0 Å². The molecule has 1 atom stereocenters. The number of benzene rings is 1. The lowest BCUT2D eigenvalue weighted by Crippen LogP contribution is -2.45. The van der Waals surface area contributed by atoms with Gasteiger partial charge in [-0.05, 0) is 23.6 Å². The van der Waals surface area contributed by atoms with E-state index in [-0.39, 0.29) is 30.1 Å². The zero-order chi connectivity index (χ0) is 18.5. The fourth-order valence-electron chi connectivity index (χ4n) is 2.67. The van der Waals surface area contributed by atoms with Crippen LogP contribution in [0.2, 0.25) is 0 Å². The molecular weight excluding hydrogens is 491 g/mol. The summed E-state index contributed by atoms with van der Waals surface area (Å²) in [5.41, 5.74) is 0.813. The van der Waals surface area contributed by atoms with Crippen molar-refractivity contribution in [3.8, 4) is 22.3 Å². The quantitative estimate of drug-likeness (QED) is 0.310. The molecule has 3 heterocycles. The van der Waals surface area contributed by atoms with Crippen molar-refractivity contribution in [3.63, 3.8) is 0 Å². The number of halogens is 1. The molecule has 148 valence electrons. The van der Waals surface area contributed by atoms with Gasteiger partial charge < -0.3 is 24.5 Å². The molecule has 9 heteroatoms. The summed E-state index contributed by atoms with van der Waals surface area (Å²) < 4.78 is 17.2. The molecule has 7 nitrogen and oxygen atoms in total. The van der Waals surface area contributed by atoms with Crippen LogP contribution in [0.25, 0.3) is 10.8 Å². The fourth-order valence-corrected chi connectivity index (χ4v) is 3.33. The summed E-state index contributed by atoms with van der Waals surface area (Å²) in [4.78, 5) is 9.73. The monoisotopic (exact) mass is 512 g/mol. The maximum absolute atomic E-state index is 5.94. The van der Waals surface area contributed by atoms with E-state index in [2.05, 4.69) is 20.6 Å². The normalized spacial score (nSPS) is 15.6. The molecule has 1 aliphatic heterocycles. The Morgan fingerprint density at radius 1 is 1.21 bits per heavy atom. The number of hydrogen-bond acceptors (Lipinski definition) is 6. The molecule has 0 bridgehead atoms. The number of ether oxygens (including phenoxy) is 2. The Bertz CT molecular complexity index is 914. The van der Waals surface area contributed by atoms with Gasteiger partial charge in [0.15, 0.2) is 17.5 Å². The van der Waals surface area contributed by atoms with Crippen molar-refractivity contribution < 1.29 is 13.9 Å². The minimum Gasteiger partial charge on any atom is -0.486 e. The summed E-state index contributed by atoms with van der Waals surface area (Å²) >= 11 is 1.60. The first-order valence-electron chi connectivity index (χ1n) is 8.63. The molecule has 0 fully saturated rings. The summed E-state index contributed by atoms with van der Waals surface area (Å²) in [6.07, 6.45) is 1.57. The molecule has 0 saturated carbocycles. The van der Waals surface area contributed by atoms with E-state index in [1.807, 2.05) is 41.8 Å². The van der Waals surface area contributed by atoms with Crippen LogP contribution in [0.15, 0.2) is 57.5 Å². The van der Waals surface area contributed by atoms with Gasteiger partial charge in [-0.3, -0.25) is 4.99 Å². The number of para-hydroxylation sites is 2. The Morgan fingerprint density at radius 2 is 2.07 bits per heavy atom. The Morgan fingerprint density at radius 3 is 2.86 bits per heavy atom. The van der Waals surface area contributed by atoms with Gasteiger partial charge in [0, 0.05) is 7.05 Å². The van der Waals surface area contributed by atoms with Gasteiger partial charge in [-0.2, -0.15) is 0 Å². The van der Waals surface area contributed by atoms with Crippen molar-refractivity contribution in [3.05, 3.63) is 53.7 Å². The molecule has 0 aliphatic carbocycles. The third-order valence-electron chi connectivity index (χ3n) is 4.01. The molecule has 2 N–H and O–H groups in total. The highest BCUT2D eigenvalue weighted by Gasteiger charge is 2.20. The van der Waals surface area contributed by atoms with E-state index in [0.717, 1.165) is 22.1 Å². The Hall–Kier alpha value is -2.27. The summed E-state index contributed by atoms with van der Waals surface area (Å²) in [6, 6.07) is 11.6. The molecule has 1 aromatic carbocycles. The Labute approximate surface area is 184 Å². The van der Waals surface area contributed by atoms with Gasteiger partial charge in [-0.1, -0.05) is 18.2 Å². The van der Waals surface area contributed by atoms with Crippen LogP contribution in [0, 0.1) is 0 Å². The number of rotatable bonds is 5. The van der Waals surface area contributed by atoms with Crippen LogP contribution in [0.3, 0.4) is 0 Å². The second-order valence-corrected chi connectivity index (χ2v) is 6.87. The number of nitrogens with zero attached hydrogens (tertiary/aromatic N) is 2. The molecule has 0 spiro atoms. The maximum Gasteiger partial charge on any atom is 0.236 e. The smallest absolute Gasteiger partial charge is 0.236 e. The summed E-state index contributed by atoms with van der Waals surface area (Å²) in [6.45, 7) is 1.58. The molecular formula is C19H21IN4O3S. The number of fused-ring (bicyclic) bond motifs is 1. The zero-order valence-electron chi connectivity index (χ0n) is 15.3. The van der Waals surface area contributed by atoms with Crippen molar-refractivity contribution in [1.29, 1.82) is 0 Å². The van der Waals surface area contributed by atoms with Gasteiger partial charge in [0.2, 0.25) is 5.89 Å². The first-order chi connectivity index (χ1) is 13.3. The number of hydrogen-bond donors (Lipinski definition) is 2. The predicted octanol–water partition coefficient (Wildman–Crippen LogP) is 3.53. The van der Waals surface area contributed by atoms with Gasteiger partial charge in [0.1, 0.15) is 19.0 Å². The Balaban J connectivity index is 0.00000225. The van der Waals surface area contributed by atoms with Crippen molar-refractivity contribution in [2.45, 2.75) is 12.6 Å². The molecule has 4 rings (SSSR count). The maximum atomic E-state index is 5.94. The lowest BCUT2D eigenvalue weighted by molar-refractivity contribution is 0.0936. The molecule has 2 aromatic heterocycles. The summed E-state index contributed by atoms with van der Waals surface area (Å²) in [5, 5.41) is 8.48. The second-order valence-electron chi connectivity index (χ2n) is 5.93. The Kier molecular flexibility index (Phi) is 7.15.